The minimum absolute atomic E-state index is 0.173. The molecule has 1 aromatic carbocycles. The van der Waals surface area contributed by atoms with Crippen molar-refractivity contribution in [1.82, 2.24) is 5.32 Å². The molecule has 0 bridgehead atoms. The largest absolute Gasteiger partial charge is 0.399 e. The zero-order valence-electron chi connectivity index (χ0n) is 10.5. The molecule has 6 heteroatoms. The highest BCUT2D eigenvalue weighted by Crippen LogP contribution is 2.20. The number of primary amides is 1. The van der Waals surface area contributed by atoms with Crippen LogP contribution in [0.4, 0.5) is 11.4 Å². The fourth-order valence-electron chi connectivity index (χ4n) is 1.63. The lowest BCUT2D eigenvalue weighted by molar-refractivity contribution is -0.118. The van der Waals surface area contributed by atoms with Crippen molar-refractivity contribution in [2.75, 3.05) is 18.1 Å². The molecule has 6 N–H and O–H groups in total. The summed E-state index contributed by atoms with van der Waals surface area (Å²) in [6.45, 7) is 1.81. The molecule has 1 unspecified atom stereocenters. The summed E-state index contributed by atoms with van der Waals surface area (Å²) in [5.41, 5.74) is 12.4. The Balaban J connectivity index is 2.95. The van der Waals surface area contributed by atoms with Crippen molar-refractivity contribution in [2.45, 2.75) is 19.4 Å². The summed E-state index contributed by atoms with van der Waals surface area (Å²) in [5, 5.41) is 5.60. The summed E-state index contributed by atoms with van der Waals surface area (Å²) in [6, 6.07) is 4.76. The third-order valence-corrected chi connectivity index (χ3v) is 2.42. The maximum Gasteiger partial charge on any atom is 0.253 e. The molecule has 98 valence electrons. The van der Waals surface area contributed by atoms with E-state index in [-0.39, 0.29) is 18.4 Å². The highest BCUT2D eigenvalue weighted by molar-refractivity contribution is 6.00. The number of hydrogen-bond acceptors (Lipinski definition) is 4. The molecule has 0 aliphatic heterocycles. The van der Waals surface area contributed by atoms with Gasteiger partial charge < -0.3 is 22.1 Å². The number of anilines is 2. The molecule has 1 aromatic rings. The van der Waals surface area contributed by atoms with E-state index in [4.69, 9.17) is 11.5 Å². The second kappa shape index (κ2) is 5.90. The highest BCUT2D eigenvalue weighted by Gasteiger charge is 2.13. The van der Waals surface area contributed by atoms with Crippen molar-refractivity contribution in [1.29, 1.82) is 0 Å². The first-order chi connectivity index (χ1) is 8.43. The van der Waals surface area contributed by atoms with Crippen molar-refractivity contribution in [3.8, 4) is 0 Å². The van der Waals surface area contributed by atoms with Crippen LogP contribution in [0.3, 0.4) is 0 Å². The molecule has 18 heavy (non-hydrogen) atoms. The Morgan fingerprint density at radius 2 is 2.06 bits per heavy atom. The van der Waals surface area contributed by atoms with Gasteiger partial charge in [-0.3, -0.25) is 9.59 Å². The number of nitrogens with two attached hydrogens (primary N) is 2. The number of amides is 2. The number of hydrogen-bond donors (Lipinski definition) is 4. The molecule has 0 aliphatic rings. The van der Waals surface area contributed by atoms with E-state index in [1.165, 1.54) is 0 Å². The number of nitrogens with one attached hydrogen (secondary N) is 2. The number of carbonyl (C=O) groups excluding carboxylic acids is 2. The highest BCUT2D eigenvalue weighted by atomic mass is 16.1. The molecule has 1 rings (SSSR count). The minimum atomic E-state index is -0.402. The molecule has 0 fully saturated rings. The maximum atomic E-state index is 11.7. The zero-order valence-corrected chi connectivity index (χ0v) is 10.5. The van der Waals surface area contributed by atoms with Gasteiger partial charge in [-0.2, -0.15) is 0 Å². The Hall–Kier alpha value is -2.24. The number of nitrogen functional groups attached to an aromatic ring is 1. The summed E-state index contributed by atoms with van der Waals surface area (Å²) in [6.07, 6.45) is 0.183. The third kappa shape index (κ3) is 3.65. The number of carbonyl (C=O) groups is 2. The standard InChI is InChI=1S/C12H18N4O2/c1-7(5-11(14)17)16-10-6-8(13)3-4-9(10)12(18)15-2/h3-4,6-7,16H,5,13H2,1-2H3,(H2,14,17)(H,15,18). The summed E-state index contributed by atoms with van der Waals surface area (Å²) >= 11 is 0. The Morgan fingerprint density at radius 1 is 1.39 bits per heavy atom. The minimum Gasteiger partial charge on any atom is -0.399 e. The molecule has 6 nitrogen and oxygen atoms in total. The molecular weight excluding hydrogens is 232 g/mol. The van der Waals surface area contributed by atoms with E-state index in [0.29, 0.717) is 16.9 Å². The van der Waals surface area contributed by atoms with Gasteiger partial charge in [0.25, 0.3) is 5.91 Å². The van der Waals surface area contributed by atoms with Crippen LogP contribution in [0.1, 0.15) is 23.7 Å². The predicted octanol–water partition coefficient (Wildman–Crippen LogP) is 0.304. The van der Waals surface area contributed by atoms with Crippen LogP contribution in [-0.2, 0) is 4.79 Å². The second-order valence-corrected chi connectivity index (χ2v) is 4.10. The van der Waals surface area contributed by atoms with Gasteiger partial charge in [-0.25, -0.2) is 0 Å². The van der Waals surface area contributed by atoms with E-state index in [1.807, 2.05) is 6.92 Å². The average Bonchev–Trinajstić information content (AvgIpc) is 2.27. The van der Waals surface area contributed by atoms with Crippen molar-refractivity contribution < 1.29 is 9.59 Å². The second-order valence-electron chi connectivity index (χ2n) is 4.10. The Labute approximate surface area is 106 Å². The maximum absolute atomic E-state index is 11.7. The molecule has 2 amide bonds. The van der Waals surface area contributed by atoms with Crippen LogP contribution in [0, 0.1) is 0 Å². The van der Waals surface area contributed by atoms with Crippen molar-refractivity contribution in [2.24, 2.45) is 5.73 Å². The van der Waals surface area contributed by atoms with Gasteiger partial charge >= 0.3 is 0 Å². The Morgan fingerprint density at radius 3 is 2.61 bits per heavy atom. The Bertz CT molecular complexity index is 459. The molecule has 0 saturated carbocycles. The topological polar surface area (TPSA) is 110 Å². The smallest absolute Gasteiger partial charge is 0.253 e. The predicted molar refractivity (Wildman–Crippen MR) is 71.1 cm³/mol. The zero-order chi connectivity index (χ0) is 13.7. The van der Waals surface area contributed by atoms with Crippen LogP contribution >= 0.6 is 0 Å². The average molecular weight is 250 g/mol. The SMILES string of the molecule is CNC(=O)c1ccc(N)cc1NC(C)CC(N)=O. The molecule has 0 spiro atoms. The van der Waals surface area contributed by atoms with E-state index < -0.39 is 5.91 Å². The molecule has 1 atom stereocenters. The van der Waals surface area contributed by atoms with Gasteiger partial charge in [0.2, 0.25) is 5.91 Å². The van der Waals surface area contributed by atoms with Gasteiger partial charge in [-0.1, -0.05) is 0 Å². The van der Waals surface area contributed by atoms with Crippen LogP contribution in [0.2, 0.25) is 0 Å². The van der Waals surface area contributed by atoms with E-state index in [9.17, 15) is 9.59 Å². The van der Waals surface area contributed by atoms with Gasteiger partial charge in [-0.05, 0) is 25.1 Å². The van der Waals surface area contributed by atoms with E-state index in [1.54, 1.807) is 25.2 Å². The van der Waals surface area contributed by atoms with Crippen LogP contribution in [-0.4, -0.2) is 24.9 Å². The Kier molecular flexibility index (Phi) is 4.53. The van der Waals surface area contributed by atoms with Crippen molar-refractivity contribution >= 4 is 23.2 Å². The normalized spacial score (nSPS) is 11.7. The molecular formula is C12H18N4O2. The lowest BCUT2D eigenvalue weighted by atomic mass is 10.1. The van der Waals surface area contributed by atoms with Crippen molar-refractivity contribution in [3.63, 3.8) is 0 Å². The molecule has 0 saturated heterocycles. The van der Waals surface area contributed by atoms with Gasteiger partial charge in [-0.15, -0.1) is 0 Å². The van der Waals surface area contributed by atoms with Gasteiger partial charge in [0.05, 0.1) is 5.56 Å². The number of rotatable bonds is 5. The van der Waals surface area contributed by atoms with Gasteiger partial charge in [0.15, 0.2) is 0 Å². The third-order valence-electron chi connectivity index (χ3n) is 2.42. The van der Waals surface area contributed by atoms with E-state index >= 15 is 0 Å². The van der Waals surface area contributed by atoms with Crippen LogP contribution < -0.4 is 22.1 Å². The fourth-order valence-corrected chi connectivity index (χ4v) is 1.63. The van der Waals surface area contributed by atoms with E-state index in [2.05, 4.69) is 10.6 Å². The molecule has 0 aromatic heterocycles. The van der Waals surface area contributed by atoms with E-state index in [0.717, 1.165) is 0 Å². The lowest BCUT2D eigenvalue weighted by Crippen LogP contribution is -2.26. The fraction of sp³-hybridized carbons (Fsp3) is 0.333. The first kappa shape index (κ1) is 13.8. The summed E-state index contributed by atoms with van der Waals surface area (Å²) in [5.74, 6) is -0.621. The molecule has 0 heterocycles. The summed E-state index contributed by atoms with van der Waals surface area (Å²) < 4.78 is 0. The number of benzene rings is 1. The van der Waals surface area contributed by atoms with Crippen LogP contribution in [0.25, 0.3) is 0 Å². The molecule has 0 aliphatic carbocycles. The van der Waals surface area contributed by atoms with Crippen LogP contribution in [0.5, 0.6) is 0 Å². The first-order valence-corrected chi connectivity index (χ1v) is 5.60. The first-order valence-electron chi connectivity index (χ1n) is 5.60. The monoisotopic (exact) mass is 250 g/mol. The van der Waals surface area contributed by atoms with Gasteiger partial charge in [0, 0.05) is 30.9 Å². The van der Waals surface area contributed by atoms with Gasteiger partial charge in [0.1, 0.15) is 0 Å². The summed E-state index contributed by atoms with van der Waals surface area (Å²) in [4.78, 5) is 22.5. The molecule has 0 radical (unpaired) electrons. The quantitative estimate of drug-likeness (QED) is 0.563. The summed E-state index contributed by atoms with van der Waals surface area (Å²) in [7, 11) is 1.55. The van der Waals surface area contributed by atoms with Crippen molar-refractivity contribution in [3.05, 3.63) is 23.8 Å². The lowest BCUT2D eigenvalue weighted by Gasteiger charge is -2.17. The van der Waals surface area contributed by atoms with Crippen LogP contribution in [0.15, 0.2) is 18.2 Å².